The van der Waals surface area contributed by atoms with Crippen LogP contribution in [0.4, 0.5) is 5.69 Å². The summed E-state index contributed by atoms with van der Waals surface area (Å²) >= 11 is 0. The van der Waals surface area contributed by atoms with Crippen LogP contribution in [-0.4, -0.2) is 4.98 Å². The summed E-state index contributed by atoms with van der Waals surface area (Å²) in [7, 11) is 0. The standard InChI is InChI=1S/C14H13N3/c15-8-5-12-1-3-14(4-2-12)17-11-13-6-9-16-10-7-13/h1-4,6-7,9-10,17H,5,11H2. The van der Waals surface area contributed by atoms with Crippen LogP contribution in [0.25, 0.3) is 0 Å². The molecule has 0 saturated carbocycles. The summed E-state index contributed by atoms with van der Waals surface area (Å²) in [6, 6.07) is 14.0. The zero-order valence-electron chi connectivity index (χ0n) is 9.43. The highest BCUT2D eigenvalue weighted by Gasteiger charge is 1.95. The van der Waals surface area contributed by atoms with Gasteiger partial charge in [0.25, 0.3) is 0 Å². The van der Waals surface area contributed by atoms with E-state index >= 15 is 0 Å². The van der Waals surface area contributed by atoms with Gasteiger partial charge in [-0.2, -0.15) is 5.26 Å². The Hall–Kier alpha value is -2.34. The molecule has 0 spiro atoms. The van der Waals surface area contributed by atoms with Crippen molar-refractivity contribution >= 4 is 5.69 Å². The number of anilines is 1. The van der Waals surface area contributed by atoms with E-state index in [1.165, 1.54) is 5.56 Å². The Morgan fingerprint density at radius 3 is 2.35 bits per heavy atom. The number of hydrogen-bond acceptors (Lipinski definition) is 3. The molecule has 84 valence electrons. The summed E-state index contributed by atoms with van der Waals surface area (Å²) in [5.41, 5.74) is 3.30. The summed E-state index contributed by atoms with van der Waals surface area (Å²) in [5, 5.41) is 11.9. The molecule has 2 rings (SSSR count). The zero-order valence-corrected chi connectivity index (χ0v) is 9.43. The first-order valence-corrected chi connectivity index (χ1v) is 5.47. The third-order valence-corrected chi connectivity index (χ3v) is 2.48. The predicted molar refractivity (Wildman–Crippen MR) is 67.3 cm³/mol. The fraction of sp³-hybridized carbons (Fsp3) is 0.143. The van der Waals surface area contributed by atoms with Crippen LogP contribution in [0.5, 0.6) is 0 Å². The number of aromatic nitrogens is 1. The highest BCUT2D eigenvalue weighted by molar-refractivity contribution is 5.45. The number of hydrogen-bond donors (Lipinski definition) is 1. The molecule has 1 aromatic carbocycles. The molecule has 0 aliphatic carbocycles. The molecule has 0 aliphatic heterocycles. The molecule has 0 amide bonds. The highest BCUT2D eigenvalue weighted by Crippen LogP contribution is 2.11. The fourth-order valence-electron chi connectivity index (χ4n) is 1.54. The lowest BCUT2D eigenvalue weighted by Crippen LogP contribution is -1.99. The molecule has 0 atom stereocenters. The van der Waals surface area contributed by atoms with Gasteiger partial charge in [-0.15, -0.1) is 0 Å². The first-order chi connectivity index (χ1) is 8.38. The van der Waals surface area contributed by atoms with Gasteiger partial charge in [0.2, 0.25) is 0 Å². The number of benzene rings is 1. The van der Waals surface area contributed by atoms with Crippen molar-refractivity contribution in [2.24, 2.45) is 0 Å². The lowest BCUT2D eigenvalue weighted by atomic mass is 10.1. The summed E-state index contributed by atoms with van der Waals surface area (Å²) in [6.45, 7) is 0.778. The second kappa shape index (κ2) is 5.66. The van der Waals surface area contributed by atoms with Crippen molar-refractivity contribution in [3.05, 3.63) is 59.9 Å². The SMILES string of the molecule is N#CCc1ccc(NCc2ccncc2)cc1. The van der Waals surface area contributed by atoms with E-state index < -0.39 is 0 Å². The van der Waals surface area contributed by atoms with Crippen LogP contribution < -0.4 is 5.32 Å². The third kappa shape index (κ3) is 3.32. The lowest BCUT2D eigenvalue weighted by molar-refractivity contribution is 1.12. The summed E-state index contributed by atoms with van der Waals surface area (Å²) in [6.07, 6.45) is 4.03. The molecule has 0 saturated heterocycles. The average Bonchev–Trinajstić information content (AvgIpc) is 2.40. The maximum atomic E-state index is 8.57. The average molecular weight is 223 g/mol. The van der Waals surface area contributed by atoms with Crippen molar-refractivity contribution in [2.75, 3.05) is 5.32 Å². The van der Waals surface area contributed by atoms with Crippen LogP contribution in [0.3, 0.4) is 0 Å². The lowest BCUT2D eigenvalue weighted by Gasteiger charge is -2.06. The van der Waals surface area contributed by atoms with E-state index in [9.17, 15) is 0 Å². The van der Waals surface area contributed by atoms with Crippen molar-refractivity contribution < 1.29 is 0 Å². The van der Waals surface area contributed by atoms with Crippen molar-refractivity contribution in [3.8, 4) is 6.07 Å². The molecule has 0 radical (unpaired) electrons. The Labute approximate surface area is 101 Å². The molecule has 0 unspecified atom stereocenters. The Kier molecular flexibility index (Phi) is 3.72. The number of nitrogens with one attached hydrogen (secondary N) is 1. The van der Waals surface area contributed by atoms with Crippen LogP contribution in [0, 0.1) is 11.3 Å². The smallest absolute Gasteiger partial charge is 0.0669 e. The first kappa shape index (κ1) is 11.2. The molecule has 0 aliphatic rings. The third-order valence-electron chi connectivity index (χ3n) is 2.48. The minimum absolute atomic E-state index is 0.463. The fourth-order valence-corrected chi connectivity index (χ4v) is 1.54. The molecule has 3 nitrogen and oxygen atoms in total. The van der Waals surface area contributed by atoms with Gasteiger partial charge in [0.1, 0.15) is 0 Å². The van der Waals surface area contributed by atoms with Crippen LogP contribution >= 0.6 is 0 Å². The van der Waals surface area contributed by atoms with Crippen molar-refractivity contribution in [1.29, 1.82) is 5.26 Å². The number of nitrogens with zero attached hydrogens (tertiary/aromatic N) is 2. The van der Waals surface area contributed by atoms with Crippen molar-refractivity contribution in [1.82, 2.24) is 4.98 Å². The molecule has 0 bridgehead atoms. The van der Waals surface area contributed by atoms with Crippen molar-refractivity contribution in [3.63, 3.8) is 0 Å². The van der Waals surface area contributed by atoms with E-state index in [-0.39, 0.29) is 0 Å². The van der Waals surface area contributed by atoms with Gasteiger partial charge in [-0.3, -0.25) is 4.98 Å². The van der Waals surface area contributed by atoms with Crippen LogP contribution in [-0.2, 0) is 13.0 Å². The van der Waals surface area contributed by atoms with Gasteiger partial charge < -0.3 is 5.32 Å². The summed E-state index contributed by atoms with van der Waals surface area (Å²) in [4.78, 5) is 3.97. The summed E-state index contributed by atoms with van der Waals surface area (Å²) < 4.78 is 0. The van der Waals surface area contributed by atoms with E-state index in [1.54, 1.807) is 12.4 Å². The maximum absolute atomic E-state index is 8.57. The van der Waals surface area contributed by atoms with Crippen LogP contribution in [0.15, 0.2) is 48.8 Å². The van der Waals surface area contributed by atoms with Gasteiger partial charge >= 0.3 is 0 Å². The number of nitriles is 1. The van der Waals surface area contributed by atoms with E-state index in [0.29, 0.717) is 6.42 Å². The van der Waals surface area contributed by atoms with Gasteiger partial charge in [-0.05, 0) is 35.4 Å². The monoisotopic (exact) mass is 223 g/mol. The second-order valence-corrected chi connectivity index (χ2v) is 3.74. The van der Waals surface area contributed by atoms with Gasteiger partial charge in [0.05, 0.1) is 12.5 Å². The topological polar surface area (TPSA) is 48.7 Å². The van der Waals surface area contributed by atoms with E-state index in [1.807, 2.05) is 36.4 Å². The Morgan fingerprint density at radius 2 is 1.71 bits per heavy atom. The predicted octanol–water partition coefficient (Wildman–Crippen LogP) is 2.76. The molecule has 3 heteroatoms. The molecule has 1 N–H and O–H groups in total. The maximum Gasteiger partial charge on any atom is 0.0669 e. The Bertz CT molecular complexity index is 497. The molecule has 0 fully saturated rings. The molecule has 1 heterocycles. The largest absolute Gasteiger partial charge is 0.381 e. The summed E-state index contributed by atoms with van der Waals surface area (Å²) in [5.74, 6) is 0. The minimum atomic E-state index is 0.463. The van der Waals surface area contributed by atoms with E-state index in [0.717, 1.165) is 17.8 Å². The minimum Gasteiger partial charge on any atom is -0.381 e. The van der Waals surface area contributed by atoms with Crippen molar-refractivity contribution in [2.45, 2.75) is 13.0 Å². The normalized spacial score (nSPS) is 9.59. The number of rotatable bonds is 4. The van der Waals surface area contributed by atoms with Crippen LogP contribution in [0.2, 0.25) is 0 Å². The van der Waals surface area contributed by atoms with Gasteiger partial charge in [0, 0.05) is 24.6 Å². The van der Waals surface area contributed by atoms with Crippen LogP contribution in [0.1, 0.15) is 11.1 Å². The Balaban J connectivity index is 1.94. The van der Waals surface area contributed by atoms with Gasteiger partial charge in [0.15, 0.2) is 0 Å². The molecular formula is C14H13N3. The van der Waals surface area contributed by atoms with E-state index in [4.69, 9.17) is 5.26 Å². The first-order valence-electron chi connectivity index (χ1n) is 5.47. The Morgan fingerprint density at radius 1 is 1.00 bits per heavy atom. The second-order valence-electron chi connectivity index (χ2n) is 3.74. The van der Waals surface area contributed by atoms with Gasteiger partial charge in [-0.25, -0.2) is 0 Å². The number of pyridine rings is 1. The zero-order chi connectivity index (χ0) is 11.9. The molecule has 2 aromatic rings. The van der Waals surface area contributed by atoms with Gasteiger partial charge in [-0.1, -0.05) is 12.1 Å². The molecule has 17 heavy (non-hydrogen) atoms. The van der Waals surface area contributed by atoms with E-state index in [2.05, 4.69) is 16.4 Å². The molecule has 1 aromatic heterocycles. The quantitative estimate of drug-likeness (QED) is 0.867. The highest BCUT2D eigenvalue weighted by atomic mass is 14.9. The molecular weight excluding hydrogens is 210 g/mol.